The van der Waals surface area contributed by atoms with E-state index in [1.165, 1.54) is 0 Å². The smallest absolute Gasteiger partial charge is 0.129 e. The van der Waals surface area contributed by atoms with Crippen molar-refractivity contribution in [2.45, 2.75) is 20.4 Å². The fraction of sp³-hybridized carbons (Fsp3) is 0.188. The molecule has 1 aromatic carbocycles. The summed E-state index contributed by atoms with van der Waals surface area (Å²) in [6.45, 7) is 4.62. The summed E-state index contributed by atoms with van der Waals surface area (Å²) in [5.74, 6) is 0.828. The average Bonchev–Trinajstić information content (AvgIpc) is 2.92. The van der Waals surface area contributed by atoms with Gasteiger partial charge in [-0.15, -0.1) is 0 Å². The van der Waals surface area contributed by atoms with Gasteiger partial charge in [-0.3, -0.25) is 0 Å². The number of anilines is 1. The van der Waals surface area contributed by atoms with Gasteiger partial charge in [0, 0.05) is 24.5 Å². The highest BCUT2D eigenvalue weighted by Gasteiger charge is 2.05. The molecular weight excluding hydrogens is 262 g/mol. The number of nitrogens with zero attached hydrogens (tertiary/aromatic N) is 4. The third-order valence-electron chi connectivity index (χ3n) is 3.22. The van der Waals surface area contributed by atoms with Gasteiger partial charge in [0.1, 0.15) is 12.1 Å². The number of hydrogen-bond donors (Lipinski definition) is 1. The zero-order chi connectivity index (χ0) is 14.7. The Labute approximate surface area is 123 Å². The zero-order valence-electron chi connectivity index (χ0n) is 12.1. The summed E-state index contributed by atoms with van der Waals surface area (Å²) >= 11 is 0. The maximum absolute atomic E-state index is 4.47. The molecule has 21 heavy (non-hydrogen) atoms. The summed E-state index contributed by atoms with van der Waals surface area (Å²) in [5.41, 5.74) is 4.19. The van der Waals surface area contributed by atoms with Crippen LogP contribution in [0.3, 0.4) is 0 Å². The first-order valence-corrected chi connectivity index (χ1v) is 6.85. The van der Waals surface area contributed by atoms with E-state index in [4.69, 9.17) is 0 Å². The Hall–Kier alpha value is -2.69. The monoisotopic (exact) mass is 279 g/mol. The minimum atomic E-state index is 0.686. The molecule has 5 heteroatoms. The number of rotatable bonds is 4. The van der Waals surface area contributed by atoms with E-state index in [0.717, 1.165) is 28.5 Å². The number of aryl methyl sites for hydroxylation is 2. The Morgan fingerprint density at radius 1 is 1.05 bits per heavy atom. The lowest BCUT2D eigenvalue weighted by molar-refractivity contribution is 0.847. The molecule has 0 atom stereocenters. The van der Waals surface area contributed by atoms with Gasteiger partial charge in [-0.1, -0.05) is 18.2 Å². The Morgan fingerprint density at radius 2 is 1.90 bits per heavy atom. The predicted octanol–water partition coefficient (Wildman–Crippen LogP) is 2.89. The predicted molar refractivity (Wildman–Crippen MR) is 82.4 cm³/mol. The minimum absolute atomic E-state index is 0.686. The first kappa shape index (κ1) is 13.3. The fourth-order valence-electron chi connectivity index (χ4n) is 2.17. The average molecular weight is 279 g/mol. The van der Waals surface area contributed by atoms with Crippen molar-refractivity contribution >= 4 is 5.82 Å². The van der Waals surface area contributed by atoms with Gasteiger partial charge in [0.2, 0.25) is 0 Å². The van der Waals surface area contributed by atoms with Crippen LogP contribution < -0.4 is 5.32 Å². The van der Waals surface area contributed by atoms with Crippen molar-refractivity contribution in [3.05, 3.63) is 65.9 Å². The van der Waals surface area contributed by atoms with Gasteiger partial charge in [-0.25, -0.2) is 14.6 Å². The minimum Gasteiger partial charge on any atom is -0.366 e. The van der Waals surface area contributed by atoms with Crippen molar-refractivity contribution in [1.29, 1.82) is 0 Å². The summed E-state index contributed by atoms with van der Waals surface area (Å²) in [6.07, 6.45) is 3.55. The second-order valence-corrected chi connectivity index (χ2v) is 4.93. The molecule has 106 valence electrons. The molecule has 3 rings (SSSR count). The van der Waals surface area contributed by atoms with Crippen molar-refractivity contribution < 1.29 is 0 Å². The van der Waals surface area contributed by atoms with E-state index in [9.17, 15) is 0 Å². The number of aromatic nitrogens is 4. The SMILES string of the molecule is Cc1cc(NCc2ccccc2-n2ccc(C)n2)ncn1. The molecule has 0 fully saturated rings. The van der Waals surface area contributed by atoms with Gasteiger partial charge < -0.3 is 5.32 Å². The third kappa shape index (κ3) is 3.08. The van der Waals surface area contributed by atoms with E-state index < -0.39 is 0 Å². The lowest BCUT2D eigenvalue weighted by atomic mass is 10.2. The molecule has 1 N–H and O–H groups in total. The normalized spacial score (nSPS) is 10.6. The molecule has 0 aliphatic heterocycles. The second-order valence-electron chi connectivity index (χ2n) is 4.93. The number of hydrogen-bond acceptors (Lipinski definition) is 4. The molecule has 0 aliphatic carbocycles. The molecule has 0 radical (unpaired) electrons. The van der Waals surface area contributed by atoms with Gasteiger partial charge in [0.25, 0.3) is 0 Å². The van der Waals surface area contributed by atoms with E-state index in [-0.39, 0.29) is 0 Å². The van der Waals surface area contributed by atoms with Crippen molar-refractivity contribution in [1.82, 2.24) is 19.7 Å². The van der Waals surface area contributed by atoms with Crippen LogP contribution in [0.15, 0.2) is 48.9 Å². The van der Waals surface area contributed by atoms with Crippen LogP contribution in [0.4, 0.5) is 5.82 Å². The molecule has 0 saturated heterocycles. The van der Waals surface area contributed by atoms with Crippen LogP contribution >= 0.6 is 0 Å². The Balaban J connectivity index is 1.83. The molecular formula is C16H17N5. The van der Waals surface area contributed by atoms with E-state index in [1.54, 1.807) is 6.33 Å². The summed E-state index contributed by atoms with van der Waals surface area (Å²) in [7, 11) is 0. The van der Waals surface area contributed by atoms with Crippen molar-refractivity contribution in [2.75, 3.05) is 5.32 Å². The van der Waals surface area contributed by atoms with Crippen LogP contribution in [-0.2, 0) is 6.54 Å². The number of nitrogens with one attached hydrogen (secondary N) is 1. The molecule has 0 saturated carbocycles. The van der Waals surface area contributed by atoms with Gasteiger partial charge in [-0.2, -0.15) is 5.10 Å². The quantitative estimate of drug-likeness (QED) is 0.798. The highest BCUT2D eigenvalue weighted by Crippen LogP contribution is 2.15. The second kappa shape index (κ2) is 5.75. The van der Waals surface area contributed by atoms with E-state index >= 15 is 0 Å². The molecule has 0 spiro atoms. The van der Waals surface area contributed by atoms with Gasteiger partial charge in [-0.05, 0) is 31.5 Å². The fourth-order valence-corrected chi connectivity index (χ4v) is 2.17. The summed E-state index contributed by atoms with van der Waals surface area (Å²) < 4.78 is 1.90. The molecule has 2 aromatic heterocycles. The Kier molecular flexibility index (Phi) is 3.64. The highest BCUT2D eigenvalue weighted by molar-refractivity contribution is 5.44. The molecule has 0 amide bonds. The maximum Gasteiger partial charge on any atom is 0.129 e. The van der Waals surface area contributed by atoms with Crippen LogP contribution in [-0.4, -0.2) is 19.7 Å². The van der Waals surface area contributed by atoms with E-state index in [0.29, 0.717) is 6.54 Å². The summed E-state index contributed by atoms with van der Waals surface area (Å²) in [5, 5.41) is 7.80. The van der Waals surface area contributed by atoms with Crippen LogP contribution in [0.5, 0.6) is 0 Å². The topological polar surface area (TPSA) is 55.6 Å². The summed E-state index contributed by atoms with van der Waals surface area (Å²) in [4.78, 5) is 8.31. The van der Waals surface area contributed by atoms with Gasteiger partial charge >= 0.3 is 0 Å². The van der Waals surface area contributed by atoms with Crippen molar-refractivity contribution in [3.63, 3.8) is 0 Å². The Bertz CT molecular complexity index is 748. The highest BCUT2D eigenvalue weighted by atomic mass is 15.3. The first-order valence-electron chi connectivity index (χ1n) is 6.85. The Morgan fingerprint density at radius 3 is 2.67 bits per heavy atom. The molecule has 5 nitrogen and oxygen atoms in total. The van der Waals surface area contributed by atoms with Crippen LogP contribution in [0.1, 0.15) is 17.0 Å². The van der Waals surface area contributed by atoms with Gasteiger partial charge in [0.05, 0.1) is 11.4 Å². The van der Waals surface area contributed by atoms with Gasteiger partial charge in [0.15, 0.2) is 0 Å². The van der Waals surface area contributed by atoms with Crippen LogP contribution in [0.25, 0.3) is 5.69 Å². The maximum atomic E-state index is 4.47. The molecule has 0 aliphatic rings. The molecule has 0 bridgehead atoms. The van der Waals surface area contributed by atoms with E-state index in [2.05, 4.69) is 32.5 Å². The molecule has 3 aromatic rings. The largest absolute Gasteiger partial charge is 0.366 e. The zero-order valence-corrected chi connectivity index (χ0v) is 12.1. The number of para-hydroxylation sites is 1. The number of benzene rings is 1. The standard InChI is InChI=1S/C16H17N5/c1-12-7-8-21(20-12)15-6-4-3-5-14(15)10-17-16-9-13(2)18-11-19-16/h3-9,11H,10H2,1-2H3,(H,17,18,19). The summed E-state index contributed by atoms with van der Waals surface area (Å²) in [6, 6.07) is 12.1. The van der Waals surface area contributed by atoms with Crippen molar-refractivity contribution in [3.8, 4) is 5.69 Å². The lowest BCUT2D eigenvalue weighted by Gasteiger charge is -2.11. The van der Waals surface area contributed by atoms with E-state index in [1.807, 2.05) is 49.0 Å². The van der Waals surface area contributed by atoms with Crippen molar-refractivity contribution in [2.24, 2.45) is 0 Å². The lowest BCUT2D eigenvalue weighted by Crippen LogP contribution is -2.07. The molecule has 2 heterocycles. The first-order chi connectivity index (χ1) is 10.2. The third-order valence-corrected chi connectivity index (χ3v) is 3.22. The van der Waals surface area contributed by atoms with Crippen LogP contribution in [0.2, 0.25) is 0 Å². The van der Waals surface area contributed by atoms with Crippen LogP contribution in [0, 0.1) is 13.8 Å². The molecule has 0 unspecified atom stereocenters.